The average molecular weight is 350 g/mol. The number of ether oxygens (including phenoxy) is 2. The molecule has 3 rings (SSSR count). The van der Waals surface area contributed by atoms with Crippen molar-refractivity contribution in [1.29, 1.82) is 0 Å². The summed E-state index contributed by atoms with van der Waals surface area (Å²) in [5, 5.41) is 10.7. The summed E-state index contributed by atoms with van der Waals surface area (Å²) in [7, 11) is -3.81. The van der Waals surface area contributed by atoms with Crippen LogP contribution in [-0.2, 0) is 16.4 Å². The summed E-state index contributed by atoms with van der Waals surface area (Å²) in [6.07, 6.45) is 0.449. The number of sulfonamides is 1. The van der Waals surface area contributed by atoms with E-state index in [2.05, 4.69) is 4.72 Å². The first kappa shape index (κ1) is 16.2. The molecule has 2 aromatic rings. The lowest BCUT2D eigenvalue weighted by molar-refractivity contribution is -0.385. The van der Waals surface area contributed by atoms with Gasteiger partial charge in [-0.15, -0.1) is 0 Å². The molecule has 24 heavy (non-hydrogen) atoms. The second-order valence-corrected chi connectivity index (χ2v) is 6.86. The van der Waals surface area contributed by atoms with Gasteiger partial charge in [0, 0.05) is 18.7 Å². The molecule has 0 fully saturated rings. The third-order valence-corrected chi connectivity index (χ3v) is 4.94. The SMILES string of the molecule is O=[N+]([O-])c1cccc(S(=O)(=O)NCCc2ccc3c(c2)OCO3)c1. The molecule has 0 aliphatic carbocycles. The number of nitrogens with one attached hydrogen (secondary N) is 1. The first-order valence-electron chi connectivity index (χ1n) is 7.08. The third-order valence-electron chi connectivity index (χ3n) is 3.48. The number of hydrogen-bond donors (Lipinski definition) is 1. The normalized spacial score (nSPS) is 13.0. The standard InChI is InChI=1S/C15H14N2O6S/c18-17(19)12-2-1-3-13(9-12)24(20,21)16-7-6-11-4-5-14-15(8-11)23-10-22-14/h1-5,8-9,16H,6-7,10H2. The Kier molecular flexibility index (Phi) is 4.36. The summed E-state index contributed by atoms with van der Waals surface area (Å²) < 4.78 is 37.3. The van der Waals surface area contributed by atoms with E-state index >= 15 is 0 Å². The van der Waals surface area contributed by atoms with Crippen molar-refractivity contribution in [1.82, 2.24) is 4.72 Å². The number of rotatable bonds is 6. The van der Waals surface area contributed by atoms with Crippen molar-refractivity contribution in [2.75, 3.05) is 13.3 Å². The molecule has 1 aliphatic heterocycles. The van der Waals surface area contributed by atoms with Crippen LogP contribution in [0.25, 0.3) is 0 Å². The van der Waals surface area contributed by atoms with Crippen molar-refractivity contribution in [3.8, 4) is 11.5 Å². The largest absolute Gasteiger partial charge is 0.454 e. The summed E-state index contributed by atoms with van der Waals surface area (Å²) >= 11 is 0. The molecule has 0 bridgehead atoms. The van der Waals surface area contributed by atoms with Crippen molar-refractivity contribution in [3.63, 3.8) is 0 Å². The molecular formula is C15H14N2O6S. The number of hydrogen-bond acceptors (Lipinski definition) is 6. The van der Waals surface area contributed by atoms with Crippen LogP contribution in [0.5, 0.6) is 11.5 Å². The van der Waals surface area contributed by atoms with E-state index in [4.69, 9.17) is 9.47 Å². The van der Waals surface area contributed by atoms with Gasteiger partial charge in [-0.2, -0.15) is 0 Å². The van der Waals surface area contributed by atoms with Gasteiger partial charge < -0.3 is 9.47 Å². The van der Waals surface area contributed by atoms with Crippen LogP contribution in [0.3, 0.4) is 0 Å². The highest BCUT2D eigenvalue weighted by molar-refractivity contribution is 7.89. The quantitative estimate of drug-likeness (QED) is 0.629. The van der Waals surface area contributed by atoms with E-state index in [9.17, 15) is 18.5 Å². The van der Waals surface area contributed by atoms with Crippen LogP contribution in [0.2, 0.25) is 0 Å². The molecule has 126 valence electrons. The minimum absolute atomic E-state index is 0.137. The average Bonchev–Trinajstić information content (AvgIpc) is 3.02. The van der Waals surface area contributed by atoms with Gasteiger partial charge in [0.05, 0.1) is 9.82 Å². The van der Waals surface area contributed by atoms with Gasteiger partial charge in [-0.25, -0.2) is 13.1 Å². The van der Waals surface area contributed by atoms with Gasteiger partial charge in [0.25, 0.3) is 5.69 Å². The van der Waals surface area contributed by atoms with Gasteiger partial charge in [0.1, 0.15) is 0 Å². The number of non-ortho nitro benzene ring substituents is 1. The number of nitro benzene ring substituents is 1. The monoisotopic (exact) mass is 350 g/mol. The molecule has 8 nitrogen and oxygen atoms in total. The first-order valence-corrected chi connectivity index (χ1v) is 8.57. The predicted molar refractivity (Wildman–Crippen MR) is 84.6 cm³/mol. The lowest BCUT2D eigenvalue weighted by Gasteiger charge is -2.07. The summed E-state index contributed by atoms with van der Waals surface area (Å²) in [5.41, 5.74) is 0.620. The highest BCUT2D eigenvalue weighted by Crippen LogP contribution is 2.32. The summed E-state index contributed by atoms with van der Waals surface area (Å²) in [5.74, 6) is 1.30. The molecule has 0 amide bonds. The van der Waals surface area contributed by atoms with E-state index in [0.29, 0.717) is 17.9 Å². The summed E-state index contributed by atoms with van der Waals surface area (Å²) in [6.45, 7) is 0.336. The molecule has 0 atom stereocenters. The first-order chi connectivity index (χ1) is 11.5. The highest BCUT2D eigenvalue weighted by Gasteiger charge is 2.18. The number of fused-ring (bicyclic) bond motifs is 1. The Morgan fingerprint density at radius 3 is 2.71 bits per heavy atom. The molecule has 1 aliphatic rings. The number of nitrogens with zero attached hydrogens (tertiary/aromatic N) is 1. The van der Waals surface area contributed by atoms with E-state index in [1.54, 1.807) is 12.1 Å². The summed E-state index contributed by atoms with van der Waals surface area (Å²) in [4.78, 5) is 9.97. The van der Waals surface area contributed by atoms with E-state index in [1.807, 2.05) is 6.07 Å². The lowest BCUT2D eigenvalue weighted by Crippen LogP contribution is -2.26. The minimum Gasteiger partial charge on any atom is -0.454 e. The van der Waals surface area contributed by atoms with Crippen LogP contribution in [-0.4, -0.2) is 26.7 Å². The fourth-order valence-electron chi connectivity index (χ4n) is 2.27. The molecule has 0 saturated heterocycles. The second kappa shape index (κ2) is 6.46. The van der Waals surface area contributed by atoms with Gasteiger partial charge in [-0.3, -0.25) is 10.1 Å². The Labute approximate surface area is 138 Å². The van der Waals surface area contributed by atoms with E-state index in [1.165, 1.54) is 18.2 Å². The third kappa shape index (κ3) is 3.47. The lowest BCUT2D eigenvalue weighted by atomic mass is 10.1. The van der Waals surface area contributed by atoms with Crippen LogP contribution in [0.4, 0.5) is 5.69 Å². The van der Waals surface area contributed by atoms with E-state index < -0.39 is 14.9 Å². The molecule has 0 aromatic heterocycles. The second-order valence-electron chi connectivity index (χ2n) is 5.09. The fraction of sp³-hybridized carbons (Fsp3) is 0.200. The highest BCUT2D eigenvalue weighted by atomic mass is 32.2. The zero-order valence-corrected chi connectivity index (χ0v) is 13.3. The van der Waals surface area contributed by atoms with Gasteiger partial charge >= 0.3 is 0 Å². The van der Waals surface area contributed by atoms with Crippen LogP contribution in [0.15, 0.2) is 47.4 Å². The Bertz CT molecular complexity index is 881. The molecular weight excluding hydrogens is 336 g/mol. The van der Waals surface area contributed by atoms with Crippen molar-refractivity contribution in [2.45, 2.75) is 11.3 Å². The minimum atomic E-state index is -3.81. The van der Waals surface area contributed by atoms with Gasteiger partial charge in [0.2, 0.25) is 16.8 Å². The Morgan fingerprint density at radius 1 is 1.12 bits per heavy atom. The maximum Gasteiger partial charge on any atom is 0.270 e. The van der Waals surface area contributed by atoms with E-state index in [0.717, 1.165) is 11.6 Å². The Morgan fingerprint density at radius 2 is 1.92 bits per heavy atom. The molecule has 0 unspecified atom stereocenters. The van der Waals surface area contributed by atoms with Gasteiger partial charge in [0.15, 0.2) is 11.5 Å². The van der Waals surface area contributed by atoms with Crippen LogP contribution >= 0.6 is 0 Å². The molecule has 2 aromatic carbocycles. The van der Waals surface area contributed by atoms with Crippen LogP contribution in [0.1, 0.15) is 5.56 Å². The maximum absolute atomic E-state index is 12.2. The van der Waals surface area contributed by atoms with Gasteiger partial charge in [-0.1, -0.05) is 12.1 Å². The zero-order valence-electron chi connectivity index (χ0n) is 12.5. The predicted octanol–water partition coefficient (Wildman–Crippen LogP) is 1.84. The van der Waals surface area contributed by atoms with Crippen molar-refractivity contribution in [3.05, 3.63) is 58.1 Å². The smallest absolute Gasteiger partial charge is 0.270 e. The number of benzene rings is 2. The molecule has 1 N–H and O–H groups in total. The van der Waals surface area contributed by atoms with Crippen LogP contribution < -0.4 is 14.2 Å². The van der Waals surface area contributed by atoms with Gasteiger partial charge in [-0.05, 0) is 30.2 Å². The molecule has 0 radical (unpaired) electrons. The molecule has 0 saturated carbocycles. The number of nitro groups is 1. The topological polar surface area (TPSA) is 108 Å². The van der Waals surface area contributed by atoms with Crippen molar-refractivity contribution >= 4 is 15.7 Å². The zero-order chi connectivity index (χ0) is 17.2. The molecule has 1 heterocycles. The summed E-state index contributed by atoms with van der Waals surface area (Å²) in [6, 6.07) is 10.3. The van der Waals surface area contributed by atoms with Crippen LogP contribution in [0, 0.1) is 10.1 Å². The fourth-order valence-corrected chi connectivity index (χ4v) is 3.34. The van der Waals surface area contributed by atoms with E-state index in [-0.39, 0.29) is 23.9 Å². The molecule has 9 heteroatoms. The maximum atomic E-state index is 12.2. The molecule has 0 spiro atoms. The Hall–Kier alpha value is -2.65. The van der Waals surface area contributed by atoms with Crippen molar-refractivity contribution in [2.24, 2.45) is 0 Å². The van der Waals surface area contributed by atoms with Crippen molar-refractivity contribution < 1.29 is 22.8 Å². The Balaban J connectivity index is 1.65.